The molecule has 2 aromatic rings. The molecule has 19 heavy (non-hydrogen) atoms. The van der Waals surface area contributed by atoms with Crippen LogP contribution in [0.1, 0.15) is 5.56 Å². The maximum absolute atomic E-state index is 12.3. The lowest BCUT2D eigenvalue weighted by Crippen LogP contribution is -2.15. The Kier molecular flexibility index (Phi) is 3.71. The van der Waals surface area contributed by atoms with Crippen molar-refractivity contribution >= 4 is 21.5 Å². The number of hydrogen-bond donors (Lipinski definition) is 2. The fourth-order valence-electron chi connectivity index (χ4n) is 1.69. The summed E-state index contributed by atoms with van der Waals surface area (Å²) >= 11 is 0. The van der Waals surface area contributed by atoms with Gasteiger partial charge < -0.3 is 5.32 Å². The summed E-state index contributed by atoms with van der Waals surface area (Å²) in [7, 11) is -1.97. The van der Waals surface area contributed by atoms with Gasteiger partial charge in [0.2, 0.25) is 0 Å². The molecule has 0 bridgehead atoms. The Morgan fingerprint density at radius 1 is 1.16 bits per heavy atom. The van der Waals surface area contributed by atoms with Crippen LogP contribution in [0.4, 0.5) is 11.5 Å². The zero-order valence-electron chi connectivity index (χ0n) is 10.7. The van der Waals surface area contributed by atoms with E-state index in [2.05, 4.69) is 15.0 Å². The third kappa shape index (κ3) is 3.03. The number of pyridine rings is 1. The van der Waals surface area contributed by atoms with E-state index in [1.54, 1.807) is 49.6 Å². The van der Waals surface area contributed by atoms with E-state index in [0.717, 1.165) is 5.56 Å². The lowest BCUT2D eigenvalue weighted by molar-refractivity contribution is 0.601. The van der Waals surface area contributed by atoms with Crippen molar-refractivity contribution in [1.82, 2.24) is 4.98 Å². The quantitative estimate of drug-likeness (QED) is 0.899. The van der Waals surface area contributed by atoms with Crippen LogP contribution in [0.15, 0.2) is 47.5 Å². The van der Waals surface area contributed by atoms with E-state index in [1.807, 2.05) is 6.92 Å². The average Bonchev–Trinajstić information content (AvgIpc) is 2.38. The van der Waals surface area contributed by atoms with Crippen molar-refractivity contribution in [2.45, 2.75) is 11.8 Å². The minimum Gasteiger partial charge on any atom is -0.387 e. The highest BCUT2D eigenvalue weighted by molar-refractivity contribution is 7.92. The molecule has 1 aromatic heterocycles. The van der Waals surface area contributed by atoms with E-state index in [4.69, 9.17) is 0 Å². The van der Waals surface area contributed by atoms with Crippen LogP contribution in [0.3, 0.4) is 0 Å². The van der Waals surface area contributed by atoms with Crippen LogP contribution in [-0.2, 0) is 10.0 Å². The van der Waals surface area contributed by atoms with Crippen molar-refractivity contribution in [2.75, 3.05) is 17.1 Å². The molecule has 2 N–H and O–H groups in total. The third-order valence-electron chi connectivity index (χ3n) is 2.60. The summed E-state index contributed by atoms with van der Waals surface area (Å²) in [5.41, 5.74) is 1.48. The predicted octanol–water partition coefficient (Wildman–Crippen LogP) is 2.23. The first kappa shape index (κ1) is 13.4. The van der Waals surface area contributed by atoms with E-state index in [1.165, 1.54) is 0 Å². The van der Waals surface area contributed by atoms with Gasteiger partial charge in [-0.05, 0) is 36.8 Å². The number of hydrogen-bond acceptors (Lipinski definition) is 4. The summed E-state index contributed by atoms with van der Waals surface area (Å²) in [5.74, 6) is 0.311. The van der Waals surface area contributed by atoms with Crippen LogP contribution in [0.5, 0.6) is 0 Å². The molecule has 0 aliphatic rings. The van der Waals surface area contributed by atoms with Gasteiger partial charge in [-0.25, -0.2) is 13.4 Å². The maximum atomic E-state index is 12.3. The van der Waals surface area contributed by atoms with Gasteiger partial charge in [0.25, 0.3) is 10.0 Å². The van der Waals surface area contributed by atoms with Crippen molar-refractivity contribution in [3.63, 3.8) is 0 Å². The molecule has 0 saturated heterocycles. The highest BCUT2D eigenvalue weighted by atomic mass is 32.2. The van der Waals surface area contributed by atoms with E-state index in [-0.39, 0.29) is 4.90 Å². The molecule has 5 nitrogen and oxygen atoms in total. The van der Waals surface area contributed by atoms with Gasteiger partial charge in [0.05, 0.1) is 5.69 Å². The molecule has 0 radical (unpaired) electrons. The Morgan fingerprint density at radius 2 is 1.89 bits per heavy atom. The molecule has 0 unspecified atom stereocenters. The predicted molar refractivity (Wildman–Crippen MR) is 75.8 cm³/mol. The molecule has 0 spiro atoms. The Bertz CT molecular complexity index is 684. The molecule has 100 valence electrons. The molecular formula is C13H15N3O2S. The highest BCUT2D eigenvalue weighted by Crippen LogP contribution is 2.22. The number of nitrogens with zero attached hydrogens (tertiary/aromatic N) is 1. The number of nitrogens with one attached hydrogen (secondary N) is 2. The van der Waals surface area contributed by atoms with Crippen molar-refractivity contribution in [1.29, 1.82) is 0 Å². The molecule has 2 rings (SSSR count). The average molecular weight is 277 g/mol. The van der Waals surface area contributed by atoms with Gasteiger partial charge in [0.15, 0.2) is 0 Å². The SMILES string of the molecule is CNc1ccccc1S(=O)(=O)Nc1cc(C)ccn1. The van der Waals surface area contributed by atoms with Crippen LogP contribution in [0.25, 0.3) is 0 Å². The number of sulfonamides is 1. The first-order valence-electron chi connectivity index (χ1n) is 5.75. The molecule has 0 aliphatic heterocycles. The standard InChI is InChI=1S/C13H15N3O2S/c1-10-7-8-15-13(9-10)16-19(17,18)12-6-4-3-5-11(12)14-2/h3-9,14H,1-2H3,(H,15,16). The van der Waals surface area contributed by atoms with E-state index in [9.17, 15) is 8.42 Å². The normalized spacial score (nSPS) is 11.1. The summed E-state index contributed by atoms with van der Waals surface area (Å²) < 4.78 is 27.1. The molecular weight excluding hydrogens is 262 g/mol. The second kappa shape index (κ2) is 5.27. The molecule has 6 heteroatoms. The summed E-state index contributed by atoms with van der Waals surface area (Å²) in [4.78, 5) is 4.19. The lowest BCUT2D eigenvalue weighted by atomic mass is 10.3. The molecule has 0 fully saturated rings. The number of benzene rings is 1. The fraction of sp³-hybridized carbons (Fsp3) is 0.154. The Labute approximate surface area is 112 Å². The van der Waals surface area contributed by atoms with Gasteiger partial charge >= 0.3 is 0 Å². The first-order valence-corrected chi connectivity index (χ1v) is 7.23. The van der Waals surface area contributed by atoms with Crippen LogP contribution in [0, 0.1) is 6.92 Å². The Morgan fingerprint density at radius 3 is 2.58 bits per heavy atom. The van der Waals surface area contributed by atoms with E-state index >= 15 is 0 Å². The highest BCUT2D eigenvalue weighted by Gasteiger charge is 2.18. The van der Waals surface area contributed by atoms with E-state index < -0.39 is 10.0 Å². The fourth-order valence-corrected chi connectivity index (χ4v) is 2.91. The molecule has 0 saturated carbocycles. The topological polar surface area (TPSA) is 71.1 Å². The van der Waals surface area contributed by atoms with Crippen LogP contribution in [-0.4, -0.2) is 20.4 Å². The number of anilines is 2. The lowest BCUT2D eigenvalue weighted by Gasteiger charge is -2.11. The number of aromatic nitrogens is 1. The monoisotopic (exact) mass is 277 g/mol. The maximum Gasteiger partial charge on any atom is 0.265 e. The van der Waals surface area contributed by atoms with Crippen LogP contribution < -0.4 is 10.0 Å². The van der Waals surface area contributed by atoms with Crippen molar-refractivity contribution in [3.05, 3.63) is 48.2 Å². The van der Waals surface area contributed by atoms with Gasteiger partial charge in [-0.3, -0.25) is 4.72 Å². The second-order valence-electron chi connectivity index (χ2n) is 4.07. The Hall–Kier alpha value is -2.08. The molecule has 1 heterocycles. The first-order chi connectivity index (χ1) is 9.03. The smallest absolute Gasteiger partial charge is 0.265 e. The summed E-state index contributed by atoms with van der Waals surface area (Å²) in [6.07, 6.45) is 1.57. The minimum atomic E-state index is -3.65. The van der Waals surface area contributed by atoms with Crippen molar-refractivity contribution in [3.8, 4) is 0 Å². The largest absolute Gasteiger partial charge is 0.387 e. The van der Waals surface area contributed by atoms with Crippen molar-refractivity contribution in [2.24, 2.45) is 0 Å². The van der Waals surface area contributed by atoms with Gasteiger partial charge in [-0.1, -0.05) is 12.1 Å². The number of para-hydroxylation sites is 1. The number of aryl methyl sites for hydroxylation is 1. The Balaban J connectivity index is 2.38. The van der Waals surface area contributed by atoms with Crippen LogP contribution in [0.2, 0.25) is 0 Å². The zero-order valence-corrected chi connectivity index (χ0v) is 11.5. The van der Waals surface area contributed by atoms with Crippen LogP contribution >= 0.6 is 0 Å². The van der Waals surface area contributed by atoms with Gasteiger partial charge in [0.1, 0.15) is 10.7 Å². The van der Waals surface area contributed by atoms with Gasteiger partial charge in [-0.15, -0.1) is 0 Å². The third-order valence-corrected chi connectivity index (χ3v) is 4.01. The van der Waals surface area contributed by atoms with Gasteiger partial charge in [-0.2, -0.15) is 0 Å². The van der Waals surface area contributed by atoms with E-state index in [0.29, 0.717) is 11.5 Å². The van der Waals surface area contributed by atoms with Gasteiger partial charge in [0, 0.05) is 13.2 Å². The molecule has 0 amide bonds. The molecule has 0 aliphatic carbocycles. The summed E-state index contributed by atoms with van der Waals surface area (Å²) in [6, 6.07) is 10.2. The molecule has 1 aromatic carbocycles. The number of rotatable bonds is 4. The second-order valence-corrected chi connectivity index (χ2v) is 5.72. The summed E-state index contributed by atoms with van der Waals surface area (Å²) in [6.45, 7) is 1.88. The zero-order chi connectivity index (χ0) is 13.9. The van der Waals surface area contributed by atoms with Crippen molar-refractivity contribution < 1.29 is 8.42 Å². The molecule has 0 atom stereocenters. The summed E-state index contributed by atoms with van der Waals surface area (Å²) in [5, 5.41) is 2.86. The minimum absolute atomic E-state index is 0.195.